The normalized spacial score (nSPS) is 10.4. The Morgan fingerprint density at radius 1 is 1.08 bits per heavy atom. The number of aryl methyl sites for hydroxylation is 1. The molecule has 0 unspecified atom stereocenters. The monoisotopic (exact) mass is 356 g/mol. The molecule has 1 heterocycles. The van der Waals surface area contributed by atoms with Crippen LogP contribution in [0.15, 0.2) is 60.8 Å². The Hall–Kier alpha value is -2.37. The van der Waals surface area contributed by atoms with Gasteiger partial charge in [0.15, 0.2) is 10.9 Å². The highest BCUT2D eigenvalue weighted by molar-refractivity contribution is 7.80. The fourth-order valence-corrected chi connectivity index (χ4v) is 2.64. The highest BCUT2D eigenvalue weighted by Crippen LogP contribution is 2.14. The molecular formula is C18H17ClN4S. The predicted octanol–water partition coefficient (Wildman–Crippen LogP) is 4.70. The molecule has 0 aliphatic rings. The average Bonchev–Trinajstić information content (AvgIpc) is 2.99. The fraction of sp³-hybridized carbons (Fsp3) is 0.111. The molecular weight excluding hydrogens is 340 g/mol. The third-order valence-corrected chi connectivity index (χ3v) is 4.03. The smallest absolute Gasteiger partial charge is 0.176 e. The summed E-state index contributed by atoms with van der Waals surface area (Å²) in [4.78, 5) is 0. The third-order valence-electron chi connectivity index (χ3n) is 3.58. The van der Waals surface area contributed by atoms with Crippen molar-refractivity contribution >= 4 is 40.4 Å². The molecule has 0 aliphatic heterocycles. The number of nitrogens with zero attached hydrogens (tertiary/aromatic N) is 2. The van der Waals surface area contributed by atoms with Crippen molar-refractivity contribution in [3.63, 3.8) is 0 Å². The van der Waals surface area contributed by atoms with Gasteiger partial charge in [0.05, 0.1) is 6.54 Å². The summed E-state index contributed by atoms with van der Waals surface area (Å²) >= 11 is 11.2. The van der Waals surface area contributed by atoms with Crippen molar-refractivity contribution in [2.45, 2.75) is 13.5 Å². The summed E-state index contributed by atoms with van der Waals surface area (Å²) in [5.74, 6) is 0.704. The second-order valence-electron chi connectivity index (χ2n) is 5.41. The van der Waals surface area contributed by atoms with Gasteiger partial charge in [-0.15, -0.1) is 0 Å². The number of aromatic nitrogens is 2. The largest absolute Gasteiger partial charge is 0.332 e. The zero-order valence-electron chi connectivity index (χ0n) is 13.2. The van der Waals surface area contributed by atoms with Gasteiger partial charge in [-0.3, -0.25) is 4.68 Å². The van der Waals surface area contributed by atoms with Gasteiger partial charge in [0.1, 0.15) is 0 Å². The van der Waals surface area contributed by atoms with E-state index in [9.17, 15) is 0 Å². The molecule has 0 amide bonds. The van der Waals surface area contributed by atoms with E-state index in [4.69, 9.17) is 23.8 Å². The van der Waals surface area contributed by atoms with E-state index in [1.807, 2.05) is 53.3 Å². The van der Waals surface area contributed by atoms with Gasteiger partial charge in [-0.05, 0) is 54.5 Å². The van der Waals surface area contributed by atoms with Crippen LogP contribution in [0.1, 0.15) is 11.1 Å². The van der Waals surface area contributed by atoms with Crippen LogP contribution in [-0.2, 0) is 6.54 Å². The van der Waals surface area contributed by atoms with Crippen LogP contribution in [0, 0.1) is 6.92 Å². The van der Waals surface area contributed by atoms with E-state index < -0.39 is 0 Å². The molecule has 6 heteroatoms. The molecule has 2 N–H and O–H groups in total. The first kappa shape index (κ1) is 16.5. The van der Waals surface area contributed by atoms with Gasteiger partial charge in [-0.2, -0.15) is 5.10 Å². The highest BCUT2D eigenvalue weighted by Gasteiger charge is 2.04. The second kappa shape index (κ2) is 7.47. The number of hydrogen-bond donors (Lipinski definition) is 2. The van der Waals surface area contributed by atoms with Crippen molar-refractivity contribution < 1.29 is 0 Å². The van der Waals surface area contributed by atoms with Crippen molar-refractivity contribution in [2.75, 3.05) is 10.6 Å². The minimum absolute atomic E-state index is 0.485. The maximum atomic E-state index is 5.87. The van der Waals surface area contributed by atoms with Crippen molar-refractivity contribution in [2.24, 2.45) is 0 Å². The predicted molar refractivity (Wildman–Crippen MR) is 104 cm³/mol. The first-order valence-corrected chi connectivity index (χ1v) is 8.30. The number of nitrogens with one attached hydrogen (secondary N) is 2. The molecule has 0 fully saturated rings. The van der Waals surface area contributed by atoms with Gasteiger partial charge in [-0.25, -0.2) is 0 Å². The Morgan fingerprint density at radius 2 is 1.83 bits per heavy atom. The van der Waals surface area contributed by atoms with E-state index >= 15 is 0 Å². The summed E-state index contributed by atoms with van der Waals surface area (Å²) in [6.45, 7) is 2.83. The molecule has 0 atom stereocenters. The van der Waals surface area contributed by atoms with Crippen LogP contribution in [0.5, 0.6) is 0 Å². The maximum absolute atomic E-state index is 5.87. The van der Waals surface area contributed by atoms with Gasteiger partial charge in [0.25, 0.3) is 0 Å². The number of rotatable bonds is 4. The Morgan fingerprint density at radius 3 is 2.58 bits per heavy atom. The number of thiocarbonyl (C=S) groups is 1. The molecule has 0 radical (unpaired) electrons. The maximum Gasteiger partial charge on any atom is 0.176 e. The first-order chi connectivity index (χ1) is 11.6. The average molecular weight is 357 g/mol. The molecule has 0 saturated heterocycles. The lowest BCUT2D eigenvalue weighted by atomic mass is 10.1. The van der Waals surface area contributed by atoms with Crippen LogP contribution in [0.2, 0.25) is 5.02 Å². The van der Waals surface area contributed by atoms with Crippen molar-refractivity contribution in [1.29, 1.82) is 0 Å². The quantitative estimate of drug-likeness (QED) is 0.665. The summed E-state index contributed by atoms with van der Waals surface area (Å²) in [7, 11) is 0. The Labute approximate surface area is 151 Å². The molecule has 2 aromatic carbocycles. The zero-order valence-corrected chi connectivity index (χ0v) is 14.7. The second-order valence-corrected chi connectivity index (χ2v) is 6.26. The molecule has 0 aliphatic carbocycles. The van der Waals surface area contributed by atoms with E-state index in [0.717, 1.165) is 12.2 Å². The van der Waals surface area contributed by atoms with Gasteiger partial charge in [-0.1, -0.05) is 35.9 Å². The molecule has 0 bridgehead atoms. The summed E-state index contributed by atoms with van der Waals surface area (Å²) in [6.07, 6.45) is 1.93. The third kappa shape index (κ3) is 4.34. The van der Waals surface area contributed by atoms with Crippen molar-refractivity contribution in [3.8, 4) is 0 Å². The van der Waals surface area contributed by atoms with Crippen LogP contribution < -0.4 is 10.6 Å². The summed E-state index contributed by atoms with van der Waals surface area (Å²) in [5, 5.41) is 11.9. The Kier molecular flexibility index (Phi) is 5.13. The van der Waals surface area contributed by atoms with E-state index in [1.54, 1.807) is 0 Å². The van der Waals surface area contributed by atoms with Crippen LogP contribution >= 0.6 is 23.8 Å². The summed E-state index contributed by atoms with van der Waals surface area (Å²) in [6, 6.07) is 17.5. The van der Waals surface area contributed by atoms with Crippen molar-refractivity contribution in [3.05, 3.63) is 76.9 Å². The molecule has 1 aromatic heterocycles. The van der Waals surface area contributed by atoms with Crippen LogP contribution in [0.25, 0.3) is 0 Å². The minimum atomic E-state index is 0.485. The van der Waals surface area contributed by atoms with Crippen molar-refractivity contribution in [1.82, 2.24) is 9.78 Å². The lowest BCUT2D eigenvalue weighted by Crippen LogP contribution is -2.19. The van der Waals surface area contributed by atoms with E-state index in [0.29, 0.717) is 16.0 Å². The number of anilines is 2. The highest BCUT2D eigenvalue weighted by atomic mass is 35.5. The summed E-state index contributed by atoms with van der Waals surface area (Å²) in [5.41, 5.74) is 3.37. The lowest BCUT2D eigenvalue weighted by molar-refractivity contribution is 0.687. The van der Waals surface area contributed by atoms with Gasteiger partial charge in [0.2, 0.25) is 0 Å². The number of hydrogen-bond acceptors (Lipinski definition) is 2. The molecule has 3 aromatic rings. The van der Waals surface area contributed by atoms with Gasteiger partial charge < -0.3 is 10.6 Å². The van der Waals surface area contributed by atoms with Gasteiger partial charge in [0, 0.05) is 23.0 Å². The van der Waals surface area contributed by atoms with E-state index in [-0.39, 0.29) is 0 Å². The molecule has 0 spiro atoms. The Bertz CT molecular complexity index is 842. The minimum Gasteiger partial charge on any atom is -0.332 e. The topological polar surface area (TPSA) is 41.9 Å². The van der Waals surface area contributed by atoms with E-state index in [2.05, 4.69) is 34.8 Å². The zero-order chi connectivity index (χ0) is 16.9. The standard InChI is InChI=1S/C18H17ClN4S/c1-13-4-2-3-5-14(13)12-23-11-10-17(22-23)21-18(24)20-16-8-6-15(19)7-9-16/h2-11H,12H2,1H3,(H2,20,21,22,24). The molecule has 24 heavy (non-hydrogen) atoms. The first-order valence-electron chi connectivity index (χ1n) is 7.52. The van der Waals surface area contributed by atoms with Crippen LogP contribution in [0.3, 0.4) is 0 Å². The molecule has 3 rings (SSSR count). The summed E-state index contributed by atoms with van der Waals surface area (Å²) < 4.78 is 1.88. The fourth-order valence-electron chi connectivity index (χ4n) is 2.29. The number of halogens is 1. The Balaban J connectivity index is 1.60. The van der Waals surface area contributed by atoms with Crippen LogP contribution in [-0.4, -0.2) is 14.9 Å². The lowest BCUT2D eigenvalue weighted by Gasteiger charge is -2.09. The van der Waals surface area contributed by atoms with Gasteiger partial charge >= 0.3 is 0 Å². The number of benzene rings is 2. The molecule has 122 valence electrons. The van der Waals surface area contributed by atoms with E-state index in [1.165, 1.54) is 11.1 Å². The molecule has 4 nitrogen and oxygen atoms in total. The SMILES string of the molecule is Cc1ccccc1Cn1ccc(NC(=S)Nc2ccc(Cl)cc2)n1. The van der Waals surface area contributed by atoms with Crippen LogP contribution in [0.4, 0.5) is 11.5 Å². The molecule has 0 saturated carbocycles.